The highest BCUT2D eigenvalue weighted by Crippen LogP contribution is 2.36. The first-order valence-electron chi connectivity index (χ1n) is 7.09. The Morgan fingerprint density at radius 2 is 1.88 bits per heavy atom. The van der Waals surface area contributed by atoms with Gasteiger partial charge in [-0.1, -0.05) is 26.2 Å². The lowest BCUT2D eigenvalue weighted by molar-refractivity contribution is 0.312. The second kappa shape index (κ2) is 6.40. The molecule has 1 aliphatic rings. The molecule has 1 fully saturated rings. The van der Waals surface area contributed by atoms with Crippen LogP contribution in [0.1, 0.15) is 65.7 Å². The number of nitrogens with one attached hydrogen (secondary N) is 1. The second-order valence-corrected chi connectivity index (χ2v) is 6.65. The van der Waals surface area contributed by atoms with Crippen molar-refractivity contribution < 1.29 is 0 Å². The first-order valence-corrected chi connectivity index (χ1v) is 7.09. The van der Waals surface area contributed by atoms with Gasteiger partial charge in [0.2, 0.25) is 0 Å². The minimum atomic E-state index is -0.141. The minimum Gasteiger partial charge on any atom is -0.316 e. The molecule has 0 aromatic carbocycles. The van der Waals surface area contributed by atoms with Gasteiger partial charge >= 0.3 is 0 Å². The molecule has 1 saturated carbocycles. The predicted octanol–water partition coefficient (Wildman–Crippen LogP) is 3.88. The van der Waals surface area contributed by atoms with E-state index in [9.17, 15) is 0 Å². The lowest BCUT2D eigenvalue weighted by Gasteiger charge is -2.24. The summed E-state index contributed by atoms with van der Waals surface area (Å²) in [7, 11) is 0. The van der Waals surface area contributed by atoms with E-state index < -0.39 is 0 Å². The van der Waals surface area contributed by atoms with Crippen LogP contribution >= 0.6 is 0 Å². The van der Waals surface area contributed by atoms with Crippen molar-refractivity contribution in [1.82, 2.24) is 5.32 Å². The van der Waals surface area contributed by atoms with Crippen molar-refractivity contribution in [2.24, 2.45) is 10.8 Å². The zero-order valence-corrected chi connectivity index (χ0v) is 11.8. The molecule has 17 heavy (non-hydrogen) atoms. The van der Waals surface area contributed by atoms with E-state index in [1.54, 1.807) is 0 Å². The molecule has 2 heteroatoms. The molecular formula is C15H28N2. The molecule has 1 rings (SSSR count). The van der Waals surface area contributed by atoms with E-state index >= 15 is 0 Å². The fourth-order valence-electron chi connectivity index (χ4n) is 2.67. The number of unbranched alkanes of at least 4 members (excludes halogenated alkanes) is 1. The monoisotopic (exact) mass is 236 g/mol. The zero-order valence-electron chi connectivity index (χ0n) is 11.8. The quantitative estimate of drug-likeness (QED) is 0.681. The van der Waals surface area contributed by atoms with Crippen molar-refractivity contribution in [1.29, 1.82) is 5.26 Å². The summed E-state index contributed by atoms with van der Waals surface area (Å²) in [6.45, 7) is 8.75. The highest BCUT2D eigenvalue weighted by molar-refractivity contribution is 4.91. The van der Waals surface area contributed by atoms with Crippen LogP contribution in [0.5, 0.6) is 0 Å². The van der Waals surface area contributed by atoms with Crippen LogP contribution in [0.15, 0.2) is 0 Å². The third-order valence-electron chi connectivity index (χ3n) is 4.07. The average molecular weight is 236 g/mol. The van der Waals surface area contributed by atoms with Gasteiger partial charge in [-0.2, -0.15) is 5.26 Å². The van der Waals surface area contributed by atoms with Gasteiger partial charge in [-0.3, -0.25) is 0 Å². The van der Waals surface area contributed by atoms with E-state index in [0.29, 0.717) is 5.41 Å². The van der Waals surface area contributed by atoms with Gasteiger partial charge in [0, 0.05) is 6.54 Å². The van der Waals surface area contributed by atoms with Crippen molar-refractivity contribution in [3.63, 3.8) is 0 Å². The van der Waals surface area contributed by atoms with Crippen LogP contribution in [0.3, 0.4) is 0 Å². The molecule has 0 saturated heterocycles. The largest absolute Gasteiger partial charge is 0.316 e. The SMILES string of the molecule is CC(C)(C#N)CCCCNCC1(C)CCCC1. The molecule has 0 unspecified atom stereocenters. The van der Waals surface area contributed by atoms with Gasteiger partial charge in [0.15, 0.2) is 0 Å². The molecule has 1 aliphatic carbocycles. The lowest BCUT2D eigenvalue weighted by Crippen LogP contribution is -2.30. The Hall–Kier alpha value is -0.550. The summed E-state index contributed by atoms with van der Waals surface area (Å²) in [5.41, 5.74) is 0.420. The number of hydrogen-bond acceptors (Lipinski definition) is 2. The summed E-state index contributed by atoms with van der Waals surface area (Å²) in [4.78, 5) is 0. The number of nitrogens with zero attached hydrogens (tertiary/aromatic N) is 1. The molecule has 0 bridgehead atoms. The van der Waals surface area contributed by atoms with Gasteiger partial charge < -0.3 is 5.32 Å². The molecule has 0 spiro atoms. The Kier molecular flexibility index (Phi) is 5.46. The van der Waals surface area contributed by atoms with Crippen molar-refractivity contribution in [2.45, 2.75) is 65.7 Å². The highest BCUT2D eigenvalue weighted by atomic mass is 14.9. The fraction of sp³-hybridized carbons (Fsp3) is 0.933. The molecule has 0 atom stereocenters. The van der Waals surface area contributed by atoms with Crippen LogP contribution in [-0.4, -0.2) is 13.1 Å². The molecule has 0 amide bonds. The summed E-state index contributed by atoms with van der Waals surface area (Å²) < 4.78 is 0. The first-order chi connectivity index (χ1) is 7.97. The Morgan fingerprint density at radius 3 is 2.47 bits per heavy atom. The molecule has 0 aromatic rings. The van der Waals surface area contributed by atoms with Gasteiger partial charge in [-0.15, -0.1) is 0 Å². The molecular weight excluding hydrogens is 208 g/mol. The third kappa shape index (κ3) is 5.55. The van der Waals surface area contributed by atoms with E-state index in [1.807, 2.05) is 13.8 Å². The molecule has 0 aliphatic heterocycles. The maximum Gasteiger partial charge on any atom is 0.0683 e. The standard InChI is InChI=1S/C15H28N2/c1-14(2,12-16)8-6-7-11-17-13-15(3)9-4-5-10-15/h17H,4-11,13H2,1-3H3. The molecule has 1 N–H and O–H groups in total. The van der Waals surface area contributed by atoms with Crippen molar-refractivity contribution in [2.75, 3.05) is 13.1 Å². The lowest BCUT2D eigenvalue weighted by atomic mass is 9.88. The fourth-order valence-corrected chi connectivity index (χ4v) is 2.67. The Morgan fingerprint density at radius 1 is 1.24 bits per heavy atom. The molecule has 0 heterocycles. The van der Waals surface area contributed by atoms with Crippen LogP contribution in [0.25, 0.3) is 0 Å². The Balaban J connectivity index is 2.00. The predicted molar refractivity (Wildman–Crippen MR) is 72.7 cm³/mol. The number of rotatable bonds is 7. The summed E-state index contributed by atoms with van der Waals surface area (Å²) >= 11 is 0. The Bertz CT molecular complexity index is 257. The van der Waals surface area contributed by atoms with Crippen LogP contribution in [0.2, 0.25) is 0 Å². The summed E-state index contributed by atoms with van der Waals surface area (Å²) in [5, 5.41) is 12.5. The van der Waals surface area contributed by atoms with Gasteiger partial charge in [0.25, 0.3) is 0 Å². The third-order valence-corrected chi connectivity index (χ3v) is 4.07. The topological polar surface area (TPSA) is 35.8 Å². The van der Waals surface area contributed by atoms with Crippen molar-refractivity contribution in [3.8, 4) is 6.07 Å². The van der Waals surface area contributed by atoms with Crippen LogP contribution in [0, 0.1) is 22.2 Å². The van der Waals surface area contributed by atoms with Crippen LogP contribution < -0.4 is 5.32 Å². The molecule has 0 radical (unpaired) electrons. The van der Waals surface area contributed by atoms with Gasteiger partial charge in [0.1, 0.15) is 0 Å². The van der Waals surface area contributed by atoms with E-state index in [-0.39, 0.29) is 5.41 Å². The van der Waals surface area contributed by atoms with Crippen LogP contribution in [0.4, 0.5) is 0 Å². The van der Waals surface area contributed by atoms with Gasteiger partial charge in [0.05, 0.1) is 11.5 Å². The van der Waals surface area contributed by atoms with E-state index in [2.05, 4.69) is 18.3 Å². The van der Waals surface area contributed by atoms with Crippen LogP contribution in [-0.2, 0) is 0 Å². The average Bonchev–Trinajstić information content (AvgIpc) is 2.71. The van der Waals surface area contributed by atoms with Gasteiger partial charge in [-0.05, 0) is 51.5 Å². The van der Waals surface area contributed by atoms with E-state index in [4.69, 9.17) is 5.26 Å². The maximum atomic E-state index is 8.91. The number of nitriles is 1. The van der Waals surface area contributed by atoms with E-state index in [0.717, 1.165) is 19.4 Å². The second-order valence-electron chi connectivity index (χ2n) is 6.65. The normalized spacial score (nSPS) is 19.2. The summed E-state index contributed by atoms with van der Waals surface area (Å²) in [5.74, 6) is 0. The van der Waals surface area contributed by atoms with E-state index in [1.165, 1.54) is 38.6 Å². The molecule has 0 aromatic heterocycles. The smallest absolute Gasteiger partial charge is 0.0683 e. The first kappa shape index (κ1) is 14.5. The van der Waals surface area contributed by atoms with Gasteiger partial charge in [-0.25, -0.2) is 0 Å². The molecule has 98 valence electrons. The zero-order chi connectivity index (χ0) is 12.8. The number of hydrogen-bond donors (Lipinski definition) is 1. The summed E-state index contributed by atoms with van der Waals surface area (Å²) in [6, 6.07) is 2.36. The maximum absolute atomic E-state index is 8.91. The summed E-state index contributed by atoms with van der Waals surface area (Å²) in [6.07, 6.45) is 8.97. The highest BCUT2D eigenvalue weighted by Gasteiger charge is 2.27. The van der Waals surface area contributed by atoms with Crippen molar-refractivity contribution >= 4 is 0 Å². The Labute approximate surface area is 107 Å². The van der Waals surface area contributed by atoms with Crippen molar-refractivity contribution in [3.05, 3.63) is 0 Å². The minimum absolute atomic E-state index is 0.141. The molecule has 2 nitrogen and oxygen atoms in total.